The Hall–Kier alpha value is -1.89. The summed E-state index contributed by atoms with van der Waals surface area (Å²) < 4.78 is 120. The van der Waals surface area contributed by atoms with Crippen LogP contribution in [0.2, 0.25) is 0 Å². The SMILES string of the molecule is CC(C)N1CC[C@](c2ccc(C(O)(C(F)(F)F)C(F)(F)F)c(F)c2)([S+]([O-])c2ccc(F)cc2)C1. The molecule has 0 bridgehead atoms. The van der Waals surface area contributed by atoms with Crippen LogP contribution >= 0.6 is 0 Å². The van der Waals surface area contributed by atoms with Crippen molar-refractivity contribution in [3.63, 3.8) is 0 Å². The first kappa shape index (κ1) is 26.7. The predicted octanol–water partition coefficient (Wildman–Crippen LogP) is 5.39. The van der Waals surface area contributed by atoms with Crippen molar-refractivity contribution in [2.75, 3.05) is 13.1 Å². The van der Waals surface area contributed by atoms with Crippen LogP contribution in [0.5, 0.6) is 0 Å². The highest BCUT2D eigenvalue weighted by atomic mass is 32.2. The van der Waals surface area contributed by atoms with E-state index in [2.05, 4.69) is 0 Å². The van der Waals surface area contributed by atoms with Crippen molar-refractivity contribution in [2.45, 2.75) is 53.9 Å². The van der Waals surface area contributed by atoms with E-state index in [4.69, 9.17) is 0 Å². The summed E-state index contributed by atoms with van der Waals surface area (Å²) in [5.41, 5.74) is -7.52. The van der Waals surface area contributed by atoms with Gasteiger partial charge in [0.05, 0.1) is 6.54 Å². The highest BCUT2D eigenvalue weighted by Crippen LogP contribution is 2.52. The topological polar surface area (TPSA) is 46.5 Å². The van der Waals surface area contributed by atoms with E-state index < -0.39 is 51.1 Å². The Morgan fingerprint density at radius 1 is 0.971 bits per heavy atom. The van der Waals surface area contributed by atoms with Gasteiger partial charge in [-0.15, -0.1) is 0 Å². The van der Waals surface area contributed by atoms with Gasteiger partial charge in [0.2, 0.25) is 0 Å². The summed E-state index contributed by atoms with van der Waals surface area (Å²) in [4.78, 5) is 2.05. The summed E-state index contributed by atoms with van der Waals surface area (Å²) in [5.74, 6) is -2.54. The molecular formula is C22H21F8NO2S. The number of likely N-dealkylation sites (tertiary alicyclic amines) is 1. The second-order valence-electron chi connectivity index (χ2n) is 8.43. The molecule has 1 saturated heterocycles. The second kappa shape index (κ2) is 8.96. The Morgan fingerprint density at radius 3 is 1.97 bits per heavy atom. The maximum Gasteiger partial charge on any atom is 0.430 e. The molecule has 0 amide bonds. The van der Waals surface area contributed by atoms with Gasteiger partial charge in [0.15, 0.2) is 9.64 Å². The zero-order valence-corrected chi connectivity index (χ0v) is 18.8. The van der Waals surface area contributed by atoms with Gasteiger partial charge >= 0.3 is 12.4 Å². The highest BCUT2D eigenvalue weighted by Gasteiger charge is 2.72. The van der Waals surface area contributed by atoms with Gasteiger partial charge in [-0.1, -0.05) is 12.1 Å². The predicted molar refractivity (Wildman–Crippen MR) is 108 cm³/mol. The fourth-order valence-corrected chi connectivity index (χ4v) is 5.82. The lowest BCUT2D eigenvalue weighted by molar-refractivity contribution is -0.377. The van der Waals surface area contributed by atoms with Crippen LogP contribution in [0.15, 0.2) is 47.4 Å². The van der Waals surface area contributed by atoms with Crippen LogP contribution in [0.1, 0.15) is 31.4 Å². The molecule has 0 radical (unpaired) electrons. The number of hydrogen-bond acceptors (Lipinski definition) is 3. The van der Waals surface area contributed by atoms with Gasteiger partial charge in [-0.05, 0) is 55.4 Å². The Balaban J connectivity index is 2.15. The van der Waals surface area contributed by atoms with Gasteiger partial charge in [-0.3, -0.25) is 4.90 Å². The molecule has 3 nitrogen and oxygen atoms in total. The van der Waals surface area contributed by atoms with Crippen LogP contribution in [-0.2, 0) is 21.5 Å². The molecule has 188 valence electrons. The maximum atomic E-state index is 14.9. The minimum absolute atomic E-state index is 0.0447. The second-order valence-corrected chi connectivity index (χ2v) is 10.2. The third kappa shape index (κ3) is 4.40. The number of benzene rings is 2. The van der Waals surface area contributed by atoms with Gasteiger partial charge in [0, 0.05) is 30.1 Å². The standard InChI is InChI=1S/C22H21F8NO2S/c1-13(2)31-10-9-19(12-31,34(33)16-6-4-15(23)5-7-16)14-3-8-17(18(24)11-14)20(32,21(25,26)27)22(28,29)30/h3-8,11,13,32H,9-10,12H2,1-2H3/t19-,34?/m0/s1. The van der Waals surface area contributed by atoms with E-state index in [1.54, 1.807) is 0 Å². The van der Waals surface area contributed by atoms with Crippen molar-refractivity contribution in [1.29, 1.82) is 0 Å². The molecule has 1 unspecified atom stereocenters. The first-order valence-electron chi connectivity index (χ1n) is 10.1. The molecule has 0 aliphatic carbocycles. The lowest BCUT2D eigenvalue weighted by Crippen LogP contribution is -2.54. The molecule has 34 heavy (non-hydrogen) atoms. The molecule has 2 aromatic rings. The van der Waals surface area contributed by atoms with Crippen LogP contribution in [0, 0.1) is 11.6 Å². The van der Waals surface area contributed by atoms with Crippen molar-refractivity contribution in [1.82, 2.24) is 4.90 Å². The van der Waals surface area contributed by atoms with Crippen molar-refractivity contribution in [3.8, 4) is 0 Å². The Morgan fingerprint density at radius 2 is 1.53 bits per heavy atom. The summed E-state index contributed by atoms with van der Waals surface area (Å²) in [6.07, 6.45) is -12.3. The Labute approximate surface area is 193 Å². The number of alkyl halides is 6. The largest absolute Gasteiger partial charge is 0.611 e. The number of halogens is 8. The minimum atomic E-state index is -6.25. The molecule has 2 atom stereocenters. The van der Waals surface area contributed by atoms with Crippen molar-refractivity contribution in [3.05, 3.63) is 65.2 Å². The van der Waals surface area contributed by atoms with Gasteiger partial charge in [0.25, 0.3) is 5.60 Å². The van der Waals surface area contributed by atoms with Crippen molar-refractivity contribution < 1.29 is 44.8 Å². The van der Waals surface area contributed by atoms with Crippen LogP contribution in [0.25, 0.3) is 0 Å². The number of rotatable bonds is 5. The minimum Gasteiger partial charge on any atom is -0.611 e. The van der Waals surface area contributed by atoms with Gasteiger partial charge < -0.3 is 9.66 Å². The number of hydrogen-bond donors (Lipinski definition) is 1. The normalized spacial score (nSPS) is 21.3. The number of aliphatic hydroxyl groups is 1. The average Bonchev–Trinajstić information content (AvgIpc) is 3.18. The lowest BCUT2D eigenvalue weighted by Gasteiger charge is -2.35. The summed E-state index contributed by atoms with van der Waals surface area (Å²) in [6, 6.07) is 6.10. The van der Waals surface area contributed by atoms with Crippen LogP contribution < -0.4 is 0 Å². The number of nitrogens with zero attached hydrogens (tertiary/aromatic N) is 1. The third-order valence-electron chi connectivity index (χ3n) is 6.08. The Kier molecular flexibility index (Phi) is 7.04. The summed E-state index contributed by atoms with van der Waals surface area (Å²) >= 11 is -1.97. The zero-order valence-electron chi connectivity index (χ0n) is 18.0. The average molecular weight is 515 g/mol. The zero-order chi connectivity index (χ0) is 25.7. The first-order chi connectivity index (χ1) is 15.5. The molecule has 1 aliphatic heterocycles. The summed E-state index contributed by atoms with van der Waals surface area (Å²) in [7, 11) is 0. The van der Waals surface area contributed by atoms with Crippen molar-refractivity contribution >= 4 is 11.2 Å². The third-order valence-corrected chi connectivity index (χ3v) is 8.06. The van der Waals surface area contributed by atoms with E-state index in [9.17, 15) is 44.8 Å². The first-order valence-corrected chi connectivity index (χ1v) is 11.3. The summed E-state index contributed by atoms with van der Waals surface area (Å²) in [5, 5.41) is 9.59. The van der Waals surface area contributed by atoms with Gasteiger partial charge in [-0.2, -0.15) is 26.3 Å². The quantitative estimate of drug-likeness (QED) is 0.429. The van der Waals surface area contributed by atoms with Crippen LogP contribution in [-0.4, -0.2) is 46.0 Å². The monoisotopic (exact) mass is 515 g/mol. The fourth-order valence-electron chi connectivity index (χ4n) is 4.09. The Bertz CT molecular complexity index is 1010. The molecule has 1 fully saturated rings. The van der Waals surface area contributed by atoms with Crippen LogP contribution in [0.3, 0.4) is 0 Å². The van der Waals surface area contributed by atoms with Gasteiger partial charge in [0.1, 0.15) is 11.6 Å². The molecule has 1 heterocycles. The van der Waals surface area contributed by atoms with E-state index >= 15 is 0 Å². The fraction of sp³-hybridized carbons (Fsp3) is 0.455. The smallest absolute Gasteiger partial charge is 0.430 e. The van der Waals surface area contributed by atoms with E-state index in [1.165, 1.54) is 12.1 Å². The van der Waals surface area contributed by atoms with Gasteiger partial charge in [-0.25, -0.2) is 8.78 Å². The molecular weight excluding hydrogens is 494 g/mol. The molecule has 12 heteroatoms. The molecule has 0 aromatic heterocycles. The highest BCUT2D eigenvalue weighted by molar-refractivity contribution is 7.92. The van der Waals surface area contributed by atoms with E-state index in [-0.39, 0.29) is 35.5 Å². The molecule has 0 saturated carbocycles. The van der Waals surface area contributed by atoms with Crippen LogP contribution in [0.4, 0.5) is 35.1 Å². The maximum absolute atomic E-state index is 14.9. The van der Waals surface area contributed by atoms with E-state index in [1.807, 2.05) is 18.7 Å². The molecule has 3 rings (SSSR count). The molecule has 1 aliphatic rings. The molecule has 1 N–H and O–H groups in total. The lowest BCUT2D eigenvalue weighted by atomic mass is 9.88. The van der Waals surface area contributed by atoms with E-state index in [0.717, 1.165) is 18.2 Å². The van der Waals surface area contributed by atoms with Crippen molar-refractivity contribution in [2.24, 2.45) is 0 Å². The molecule has 2 aromatic carbocycles. The summed E-state index contributed by atoms with van der Waals surface area (Å²) in [6.45, 7) is 4.12. The molecule has 0 spiro atoms. The van der Waals surface area contributed by atoms with E-state index in [0.29, 0.717) is 12.6 Å².